The van der Waals surface area contributed by atoms with E-state index in [2.05, 4.69) is 10.5 Å². The summed E-state index contributed by atoms with van der Waals surface area (Å²) in [6.07, 6.45) is 0. The van der Waals surface area contributed by atoms with Gasteiger partial charge in [-0.3, -0.25) is 10.2 Å². The number of methoxy groups -OCH3 is 2. The van der Waals surface area contributed by atoms with Gasteiger partial charge < -0.3 is 9.47 Å². The summed E-state index contributed by atoms with van der Waals surface area (Å²) >= 11 is 0. The molecule has 0 aliphatic rings. The van der Waals surface area contributed by atoms with Crippen LogP contribution in [0.25, 0.3) is 0 Å². The zero-order valence-electron chi connectivity index (χ0n) is 12.7. The molecule has 0 heterocycles. The van der Waals surface area contributed by atoms with Gasteiger partial charge in [-0.15, -0.1) is 0 Å². The number of hydrazone groups is 1. The third kappa shape index (κ3) is 4.08. The number of ketones is 1. The third-order valence-corrected chi connectivity index (χ3v) is 3.06. The van der Waals surface area contributed by atoms with Crippen molar-refractivity contribution in [2.75, 3.05) is 19.6 Å². The molecule has 2 aromatic rings. The van der Waals surface area contributed by atoms with E-state index in [9.17, 15) is 4.79 Å². The molecule has 2 aromatic carbocycles. The van der Waals surface area contributed by atoms with E-state index in [1.165, 1.54) is 7.11 Å². The standard InChI is InChI=1S/C17H15N3O3/c1-22-14-7-3-12(4-8-14)17(21)16(11-18)20-19-13-5-9-15(23-2)10-6-13/h3-10,19H,1-2H3/b20-16+. The van der Waals surface area contributed by atoms with Gasteiger partial charge in [0.25, 0.3) is 0 Å². The van der Waals surface area contributed by atoms with Crippen LogP contribution >= 0.6 is 0 Å². The molecule has 0 saturated carbocycles. The summed E-state index contributed by atoms with van der Waals surface area (Å²) in [4.78, 5) is 12.2. The van der Waals surface area contributed by atoms with Crippen molar-refractivity contribution in [3.8, 4) is 17.6 Å². The van der Waals surface area contributed by atoms with Gasteiger partial charge in [0.2, 0.25) is 11.5 Å². The molecule has 0 unspecified atom stereocenters. The molecular formula is C17H15N3O3. The van der Waals surface area contributed by atoms with Gasteiger partial charge in [0.1, 0.15) is 17.6 Å². The maximum Gasteiger partial charge on any atom is 0.223 e. The number of hydrogen-bond acceptors (Lipinski definition) is 6. The molecule has 0 saturated heterocycles. The van der Waals surface area contributed by atoms with Gasteiger partial charge in [-0.25, -0.2) is 0 Å². The topological polar surface area (TPSA) is 83.7 Å². The highest BCUT2D eigenvalue weighted by atomic mass is 16.5. The zero-order chi connectivity index (χ0) is 16.7. The van der Waals surface area contributed by atoms with E-state index in [0.717, 1.165) is 0 Å². The molecule has 0 fully saturated rings. The predicted molar refractivity (Wildman–Crippen MR) is 87.0 cm³/mol. The Kier molecular flexibility index (Phi) is 5.31. The number of Topliss-reactive ketones (excluding diaryl/α,β-unsaturated/α-hetero) is 1. The number of hydrogen-bond donors (Lipinski definition) is 1. The van der Waals surface area contributed by atoms with Gasteiger partial charge in [0.05, 0.1) is 19.9 Å². The lowest BCUT2D eigenvalue weighted by atomic mass is 10.1. The lowest BCUT2D eigenvalue weighted by Crippen LogP contribution is -2.14. The molecular weight excluding hydrogens is 294 g/mol. The second kappa shape index (κ2) is 7.61. The molecule has 0 atom stereocenters. The highest BCUT2D eigenvalue weighted by Gasteiger charge is 2.14. The van der Waals surface area contributed by atoms with Crippen molar-refractivity contribution in [3.63, 3.8) is 0 Å². The number of ether oxygens (including phenoxy) is 2. The summed E-state index contributed by atoms with van der Waals surface area (Å²) in [6, 6.07) is 15.2. The van der Waals surface area contributed by atoms with Crippen LogP contribution in [0.2, 0.25) is 0 Å². The fraction of sp³-hybridized carbons (Fsp3) is 0.118. The van der Waals surface area contributed by atoms with Gasteiger partial charge in [-0.2, -0.15) is 10.4 Å². The van der Waals surface area contributed by atoms with Crippen molar-refractivity contribution < 1.29 is 14.3 Å². The van der Waals surface area contributed by atoms with Gasteiger partial charge in [-0.05, 0) is 48.5 Å². The largest absolute Gasteiger partial charge is 0.497 e. The van der Waals surface area contributed by atoms with Crippen molar-refractivity contribution in [1.82, 2.24) is 0 Å². The molecule has 0 aliphatic heterocycles. The fourth-order valence-corrected chi connectivity index (χ4v) is 1.79. The first-order chi connectivity index (χ1) is 11.2. The van der Waals surface area contributed by atoms with Gasteiger partial charge in [0.15, 0.2) is 0 Å². The monoisotopic (exact) mass is 309 g/mol. The van der Waals surface area contributed by atoms with Crippen LogP contribution in [-0.4, -0.2) is 25.7 Å². The number of benzene rings is 2. The average molecular weight is 309 g/mol. The Morgan fingerprint density at radius 3 is 2.00 bits per heavy atom. The molecule has 0 amide bonds. The lowest BCUT2D eigenvalue weighted by Gasteiger charge is -2.04. The predicted octanol–water partition coefficient (Wildman–Crippen LogP) is 2.88. The van der Waals surface area contributed by atoms with Crippen molar-refractivity contribution in [3.05, 3.63) is 54.1 Å². The summed E-state index contributed by atoms with van der Waals surface area (Å²) in [5.41, 5.74) is 3.46. The van der Waals surface area contributed by atoms with E-state index in [4.69, 9.17) is 14.7 Å². The van der Waals surface area contributed by atoms with Gasteiger partial charge in [-0.1, -0.05) is 0 Å². The molecule has 116 valence electrons. The highest BCUT2D eigenvalue weighted by Crippen LogP contribution is 2.15. The van der Waals surface area contributed by atoms with Crippen LogP contribution in [-0.2, 0) is 0 Å². The summed E-state index contributed by atoms with van der Waals surface area (Å²) in [5, 5.41) is 13.0. The first kappa shape index (κ1) is 16.0. The minimum Gasteiger partial charge on any atom is -0.497 e. The van der Waals surface area contributed by atoms with E-state index in [-0.39, 0.29) is 5.71 Å². The number of carbonyl (C=O) groups excluding carboxylic acids is 1. The summed E-state index contributed by atoms with van der Waals surface area (Å²) < 4.78 is 10.1. The molecule has 6 nitrogen and oxygen atoms in total. The minimum absolute atomic E-state index is 0.231. The molecule has 23 heavy (non-hydrogen) atoms. The fourth-order valence-electron chi connectivity index (χ4n) is 1.79. The second-order valence-corrected chi connectivity index (χ2v) is 4.47. The number of carbonyl (C=O) groups is 1. The first-order valence-electron chi connectivity index (χ1n) is 6.74. The van der Waals surface area contributed by atoms with E-state index >= 15 is 0 Å². The molecule has 0 bridgehead atoms. The van der Waals surface area contributed by atoms with Crippen molar-refractivity contribution in [2.45, 2.75) is 0 Å². The van der Waals surface area contributed by atoms with Crippen LogP contribution in [0.1, 0.15) is 10.4 Å². The van der Waals surface area contributed by atoms with Crippen LogP contribution < -0.4 is 14.9 Å². The summed E-state index contributed by atoms with van der Waals surface area (Å²) in [6.45, 7) is 0. The highest BCUT2D eigenvalue weighted by molar-refractivity contribution is 6.51. The molecule has 0 aromatic heterocycles. The van der Waals surface area contributed by atoms with Crippen molar-refractivity contribution in [1.29, 1.82) is 5.26 Å². The van der Waals surface area contributed by atoms with Gasteiger partial charge in [0, 0.05) is 5.56 Å². The molecule has 0 radical (unpaired) electrons. The maximum absolute atomic E-state index is 12.2. The average Bonchev–Trinajstić information content (AvgIpc) is 2.62. The second-order valence-electron chi connectivity index (χ2n) is 4.47. The van der Waals surface area contributed by atoms with E-state index in [1.54, 1.807) is 61.7 Å². The Labute approximate surface area is 134 Å². The lowest BCUT2D eigenvalue weighted by molar-refractivity contribution is 0.106. The maximum atomic E-state index is 12.2. The smallest absolute Gasteiger partial charge is 0.223 e. The summed E-state index contributed by atoms with van der Waals surface area (Å²) in [5.74, 6) is 0.874. The Bertz CT molecular complexity index is 744. The zero-order valence-corrected chi connectivity index (χ0v) is 12.7. The SMILES string of the molecule is COc1ccc(N/N=C(\C#N)C(=O)c2ccc(OC)cc2)cc1. The van der Waals surface area contributed by atoms with E-state index < -0.39 is 5.78 Å². The number of anilines is 1. The first-order valence-corrected chi connectivity index (χ1v) is 6.74. The minimum atomic E-state index is -0.462. The number of nitrogens with zero attached hydrogens (tertiary/aromatic N) is 2. The molecule has 0 spiro atoms. The van der Waals surface area contributed by atoms with Crippen LogP contribution in [0.4, 0.5) is 5.69 Å². The molecule has 1 N–H and O–H groups in total. The Morgan fingerprint density at radius 2 is 1.52 bits per heavy atom. The number of rotatable bonds is 6. The normalized spacial score (nSPS) is 10.6. The number of nitrogens with one attached hydrogen (secondary N) is 1. The molecule has 0 aliphatic carbocycles. The number of nitriles is 1. The van der Waals surface area contributed by atoms with Gasteiger partial charge >= 0.3 is 0 Å². The van der Waals surface area contributed by atoms with Crippen molar-refractivity contribution >= 4 is 17.2 Å². The van der Waals surface area contributed by atoms with Crippen molar-refractivity contribution in [2.24, 2.45) is 5.10 Å². The van der Waals surface area contributed by atoms with Crippen LogP contribution in [0.5, 0.6) is 11.5 Å². The molecule has 6 heteroatoms. The van der Waals surface area contributed by atoms with E-state index in [1.807, 2.05) is 0 Å². The van der Waals surface area contributed by atoms with Crippen LogP contribution in [0.15, 0.2) is 53.6 Å². The Hall–Kier alpha value is -3.33. The Balaban J connectivity index is 2.13. The third-order valence-electron chi connectivity index (χ3n) is 3.06. The molecule has 2 rings (SSSR count). The van der Waals surface area contributed by atoms with E-state index in [0.29, 0.717) is 22.7 Å². The Morgan fingerprint density at radius 1 is 1.00 bits per heavy atom. The van der Waals surface area contributed by atoms with Crippen LogP contribution in [0, 0.1) is 11.3 Å². The van der Waals surface area contributed by atoms with Crippen LogP contribution in [0.3, 0.4) is 0 Å². The quantitative estimate of drug-likeness (QED) is 0.504. The summed E-state index contributed by atoms with van der Waals surface area (Å²) in [7, 11) is 3.11.